The molecular formula is C20H22FN3O4. The van der Waals surface area contributed by atoms with Crippen LogP contribution >= 0.6 is 0 Å². The maximum absolute atomic E-state index is 15.0. The Morgan fingerprint density at radius 1 is 1.29 bits per heavy atom. The van der Waals surface area contributed by atoms with Gasteiger partial charge in [-0.15, -0.1) is 0 Å². The molecular weight excluding hydrogens is 365 g/mol. The Balaban J connectivity index is 1.60. The Morgan fingerprint density at radius 3 is 2.75 bits per heavy atom. The number of carboxylic acid groups (broad SMARTS) is 1. The lowest BCUT2D eigenvalue weighted by atomic mass is 9.66. The van der Waals surface area contributed by atoms with Crippen molar-refractivity contribution in [3.05, 3.63) is 34.4 Å². The van der Waals surface area contributed by atoms with Crippen LogP contribution in [0.1, 0.15) is 31.7 Å². The minimum atomic E-state index is -1.56. The fourth-order valence-corrected chi connectivity index (χ4v) is 4.75. The molecule has 3 N–H and O–H groups in total. The standard InChI is InChI=1S/C20H22FN3O4/c21-14-6-12-16(7-17(14)23-4-3-10-5-15(22)13(10)8-23)24(11-1-2-11)9-18(19(12)25)28-20(26)27/h6-7,9-11,13,15H,1-5,8,22H2,(H,26,27)/t10-,13-,15+/m1/s1. The van der Waals surface area contributed by atoms with Gasteiger partial charge in [0.15, 0.2) is 5.75 Å². The number of ether oxygens (including phenoxy) is 1. The first-order chi connectivity index (χ1) is 13.4. The van der Waals surface area contributed by atoms with E-state index in [9.17, 15) is 14.0 Å². The molecule has 0 radical (unpaired) electrons. The molecule has 2 aliphatic carbocycles. The summed E-state index contributed by atoms with van der Waals surface area (Å²) in [6, 6.07) is 3.28. The van der Waals surface area contributed by atoms with Gasteiger partial charge in [-0.05, 0) is 49.7 Å². The van der Waals surface area contributed by atoms with Gasteiger partial charge in [-0.2, -0.15) is 0 Å². The van der Waals surface area contributed by atoms with E-state index in [1.54, 1.807) is 6.07 Å². The summed E-state index contributed by atoms with van der Waals surface area (Å²) >= 11 is 0. The first kappa shape index (κ1) is 17.5. The summed E-state index contributed by atoms with van der Waals surface area (Å²) in [4.78, 5) is 25.6. The molecule has 2 aromatic rings. The van der Waals surface area contributed by atoms with Gasteiger partial charge < -0.3 is 25.0 Å². The van der Waals surface area contributed by atoms with Gasteiger partial charge in [-0.3, -0.25) is 4.79 Å². The van der Waals surface area contributed by atoms with Gasteiger partial charge in [0.25, 0.3) is 0 Å². The number of hydrogen-bond acceptors (Lipinski definition) is 5. The van der Waals surface area contributed by atoms with Crippen molar-refractivity contribution in [2.24, 2.45) is 17.6 Å². The molecule has 8 heteroatoms. The van der Waals surface area contributed by atoms with Crippen molar-refractivity contribution >= 4 is 22.7 Å². The Bertz CT molecular complexity index is 1030. The fourth-order valence-electron chi connectivity index (χ4n) is 4.75. The Kier molecular flexibility index (Phi) is 3.87. The van der Waals surface area contributed by atoms with Gasteiger partial charge in [-0.25, -0.2) is 9.18 Å². The van der Waals surface area contributed by atoms with Gasteiger partial charge >= 0.3 is 6.16 Å². The zero-order valence-corrected chi connectivity index (χ0v) is 15.3. The predicted octanol–water partition coefficient (Wildman–Crippen LogP) is 2.71. The third kappa shape index (κ3) is 2.74. The molecule has 0 unspecified atom stereocenters. The zero-order chi connectivity index (χ0) is 19.6. The molecule has 2 heterocycles. The number of rotatable bonds is 3. The second-order valence-electron chi connectivity index (χ2n) is 8.21. The highest BCUT2D eigenvalue weighted by molar-refractivity contribution is 5.85. The van der Waals surface area contributed by atoms with E-state index in [0.29, 0.717) is 23.0 Å². The summed E-state index contributed by atoms with van der Waals surface area (Å²) in [6.07, 6.45) is 3.78. The lowest BCUT2D eigenvalue weighted by Gasteiger charge is -2.50. The summed E-state index contributed by atoms with van der Waals surface area (Å²) in [6.45, 7) is 1.49. The first-order valence-corrected chi connectivity index (χ1v) is 9.72. The van der Waals surface area contributed by atoms with Crippen LogP contribution in [0, 0.1) is 17.7 Å². The van der Waals surface area contributed by atoms with Crippen molar-refractivity contribution in [2.45, 2.75) is 37.8 Å². The summed E-state index contributed by atoms with van der Waals surface area (Å²) < 4.78 is 21.5. The molecule has 3 aliphatic rings. The highest BCUT2D eigenvalue weighted by Crippen LogP contribution is 2.42. The maximum atomic E-state index is 15.0. The summed E-state index contributed by atoms with van der Waals surface area (Å²) in [5.74, 6) is 0.252. The van der Waals surface area contributed by atoms with Crippen molar-refractivity contribution < 1.29 is 19.0 Å². The van der Waals surface area contributed by atoms with E-state index in [2.05, 4.69) is 4.74 Å². The third-order valence-electron chi connectivity index (χ3n) is 6.48. The number of aromatic nitrogens is 1. The molecule has 3 atom stereocenters. The van der Waals surface area contributed by atoms with Crippen LogP contribution < -0.4 is 20.8 Å². The zero-order valence-electron chi connectivity index (χ0n) is 15.3. The SMILES string of the molecule is N[C@H]1C[C@H]2CCN(c3cc4c(cc3F)c(=O)c(OC(=O)O)cn4C3CC3)C[C@H]21. The maximum Gasteiger partial charge on any atom is 0.511 e. The highest BCUT2D eigenvalue weighted by Gasteiger charge is 2.42. The number of halogens is 1. The molecule has 28 heavy (non-hydrogen) atoms. The number of fused-ring (bicyclic) bond motifs is 2. The molecule has 5 rings (SSSR count). The average Bonchev–Trinajstić information content (AvgIpc) is 3.48. The second kappa shape index (κ2) is 6.20. The Labute approximate surface area is 160 Å². The quantitative estimate of drug-likeness (QED) is 0.786. The topological polar surface area (TPSA) is 97.8 Å². The number of nitrogens with zero attached hydrogens (tertiary/aromatic N) is 2. The minimum absolute atomic E-state index is 0.141. The van der Waals surface area contributed by atoms with Crippen LogP contribution in [0.2, 0.25) is 0 Å². The molecule has 1 saturated heterocycles. The van der Waals surface area contributed by atoms with Crippen molar-refractivity contribution in [2.75, 3.05) is 18.0 Å². The fraction of sp³-hybridized carbons (Fsp3) is 0.500. The lowest BCUT2D eigenvalue weighted by Crippen LogP contribution is -2.56. The second-order valence-corrected chi connectivity index (χ2v) is 8.21. The number of hydrogen-bond donors (Lipinski definition) is 2. The monoisotopic (exact) mass is 387 g/mol. The predicted molar refractivity (Wildman–Crippen MR) is 101 cm³/mol. The highest BCUT2D eigenvalue weighted by atomic mass is 19.1. The van der Waals surface area contributed by atoms with Crippen LogP contribution in [0.15, 0.2) is 23.1 Å². The first-order valence-electron chi connectivity index (χ1n) is 9.72. The molecule has 0 spiro atoms. The molecule has 1 aromatic carbocycles. The summed E-state index contributed by atoms with van der Waals surface area (Å²) in [5, 5.41) is 9.03. The molecule has 1 aromatic heterocycles. The van der Waals surface area contributed by atoms with Crippen LogP contribution in [0.4, 0.5) is 14.9 Å². The minimum Gasteiger partial charge on any atom is -0.449 e. The van der Waals surface area contributed by atoms with E-state index in [-0.39, 0.29) is 23.2 Å². The number of carbonyl (C=O) groups is 1. The number of nitrogens with two attached hydrogens (primary N) is 1. The van der Waals surface area contributed by atoms with Gasteiger partial charge in [0.05, 0.1) is 22.8 Å². The van der Waals surface area contributed by atoms with Crippen LogP contribution in [-0.4, -0.2) is 35.0 Å². The van der Waals surface area contributed by atoms with Crippen LogP contribution in [0.5, 0.6) is 5.75 Å². The van der Waals surface area contributed by atoms with Crippen LogP contribution in [-0.2, 0) is 0 Å². The Hall–Kier alpha value is -2.61. The van der Waals surface area contributed by atoms with E-state index in [1.165, 1.54) is 12.3 Å². The van der Waals surface area contributed by atoms with Gasteiger partial charge in [0.1, 0.15) is 5.82 Å². The Morgan fingerprint density at radius 2 is 2.07 bits per heavy atom. The van der Waals surface area contributed by atoms with Crippen LogP contribution in [0.25, 0.3) is 10.9 Å². The van der Waals surface area contributed by atoms with Gasteiger partial charge in [0.2, 0.25) is 5.43 Å². The molecule has 7 nitrogen and oxygen atoms in total. The summed E-state index contributed by atoms with van der Waals surface area (Å²) in [5.41, 5.74) is 6.60. The van der Waals surface area contributed by atoms with Gasteiger partial charge in [0, 0.05) is 25.2 Å². The van der Waals surface area contributed by atoms with E-state index in [1.807, 2.05) is 9.47 Å². The van der Waals surface area contributed by atoms with Crippen molar-refractivity contribution in [3.8, 4) is 5.75 Å². The van der Waals surface area contributed by atoms with E-state index in [4.69, 9.17) is 10.8 Å². The number of piperidine rings is 1. The molecule has 1 aliphatic heterocycles. The average molecular weight is 387 g/mol. The number of anilines is 1. The van der Waals surface area contributed by atoms with Gasteiger partial charge in [-0.1, -0.05) is 0 Å². The number of benzene rings is 1. The smallest absolute Gasteiger partial charge is 0.449 e. The molecule has 2 saturated carbocycles. The van der Waals surface area contributed by atoms with E-state index >= 15 is 0 Å². The number of pyridine rings is 1. The normalized spacial score (nSPS) is 26.6. The summed E-state index contributed by atoms with van der Waals surface area (Å²) in [7, 11) is 0. The van der Waals surface area contributed by atoms with Crippen molar-refractivity contribution in [3.63, 3.8) is 0 Å². The van der Waals surface area contributed by atoms with E-state index in [0.717, 1.165) is 38.8 Å². The van der Waals surface area contributed by atoms with Crippen molar-refractivity contribution in [1.29, 1.82) is 0 Å². The van der Waals surface area contributed by atoms with E-state index < -0.39 is 17.4 Å². The molecule has 3 fully saturated rings. The molecule has 0 amide bonds. The van der Waals surface area contributed by atoms with Crippen LogP contribution in [0.3, 0.4) is 0 Å². The lowest BCUT2D eigenvalue weighted by molar-refractivity contribution is 0.110. The molecule has 148 valence electrons. The van der Waals surface area contributed by atoms with Crippen molar-refractivity contribution in [1.82, 2.24) is 4.57 Å². The third-order valence-corrected chi connectivity index (χ3v) is 6.48. The molecule has 0 bridgehead atoms. The largest absolute Gasteiger partial charge is 0.511 e.